The summed E-state index contributed by atoms with van der Waals surface area (Å²) in [5.74, 6) is -0.0581. The Morgan fingerprint density at radius 2 is 2.15 bits per heavy atom. The van der Waals surface area contributed by atoms with Crippen LogP contribution in [0.15, 0.2) is 18.2 Å². The maximum absolute atomic E-state index is 12.0. The molecule has 1 heterocycles. The van der Waals surface area contributed by atoms with Crippen LogP contribution in [0.1, 0.15) is 26.3 Å². The van der Waals surface area contributed by atoms with Crippen molar-refractivity contribution in [3.63, 3.8) is 0 Å². The zero-order chi connectivity index (χ0) is 14.9. The van der Waals surface area contributed by atoms with Crippen LogP contribution >= 0.6 is 12.2 Å². The van der Waals surface area contributed by atoms with E-state index in [2.05, 4.69) is 10.6 Å². The van der Waals surface area contributed by atoms with Crippen molar-refractivity contribution in [2.75, 3.05) is 5.32 Å². The van der Waals surface area contributed by atoms with Gasteiger partial charge in [-0.1, -0.05) is 26.1 Å². The van der Waals surface area contributed by atoms with Crippen LogP contribution in [0.4, 0.5) is 5.69 Å². The Labute approximate surface area is 122 Å². The van der Waals surface area contributed by atoms with Gasteiger partial charge in [0, 0.05) is 12.6 Å². The van der Waals surface area contributed by atoms with Gasteiger partial charge in [-0.05, 0) is 24.1 Å². The Hall–Kier alpha value is -1.95. The summed E-state index contributed by atoms with van der Waals surface area (Å²) in [6.07, 6.45) is 0. The summed E-state index contributed by atoms with van der Waals surface area (Å²) in [4.78, 5) is 23.5. The number of rotatable bonds is 2. The molecule has 1 aromatic carbocycles. The fourth-order valence-electron chi connectivity index (χ4n) is 1.97. The minimum atomic E-state index is -0.473. The van der Waals surface area contributed by atoms with Crippen LogP contribution in [0.2, 0.25) is 0 Å². The summed E-state index contributed by atoms with van der Waals surface area (Å²) in [5.41, 5.74) is 1.21. The number of fused-ring (bicyclic) bond motifs is 1. The third-order valence-electron chi connectivity index (χ3n) is 2.96. The number of carbonyl (C=O) groups is 2. The molecule has 1 aliphatic heterocycles. The number of amides is 1. The quantitative estimate of drug-likeness (QED) is 0.495. The first-order valence-electron chi connectivity index (χ1n) is 6.32. The molecule has 2 rings (SSSR count). The number of esters is 1. The van der Waals surface area contributed by atoms with Crippen molar-refractivity contribution in [3.8, 4) is 5.75 Å². The van der Waals surface area contributed by atoms with Crippen LogP contribution in [0, 0.1) is 5.92 Å². The lowest BCUT2D eigenvalue weighted by molar-refractivity contribution is -0.137. The topological polar surface area (TPSA) is 67.4 Å². The molecular formula is C14H16N2O3S. The molecule has 1 atom stereocenters. The van der Waals surface area contributed by atoms with E-state index in [4.69, 9.17) is 17.0 Å². The summed E-state index contributed by atoms with van der Waals surface area (Å²) in [7, 11) is 0. The molecule has 6 heteroatoms. The van der Waals surface area contributed by atoms with Gasteiger partial charge in [0.1, 0.15) is 16.8 Å². The molecule has 106 valence electrons. The van der Waals surface area contributed by atoms with Gasteiger partial charge in [0.15, 0.2) is 0 Å². The number of hydrogen-bond donors (Lipinski definition) is 2. The van der Waals surface area contributed by atoms with Gasteiger partial charge in [-0.25, -0.2) is 4.79 Å². The van der Waals surface area contributed by atoms with E-state index in [1.54, 1.807) is 18.2 Å². The second-order valence-corrected chi connectivity index (χ2v) is 5.42. The Balaban J connectivity index is 2.37. The molecule has 1 aliphatic rings. The molecule has 2 N–H and O–H groups in total. The number of carbonyl (C=O) groups excluding carboxylic acids is 2. The van der Waals surface area contributed by atoms with Crippen LogP contribution in [0.25, 0.3) is 0 Å². The molecule has 5 nitrogen and oxygen atoms in total. The van der Waals surface area contributed by atoms with E-state index in [0.29, 0.717) is 22.0 Å². The summed E-state index contributed by atoms with van der Waals surface area (Å²) >= 11 is 5.31. The minimum Gasteiger partial charge on any atom is -0.424 e. The van der Waals surface area contributed by atoms with E-state index in [1.807, 2.05) is 13.8 Å². The Morgan fingerprint density at radius 1 is 1.45 bits per heavy atom. The molecule has 0 saturated carbocycles. The predicted molar refractivity (Wildman–Crippen MR) is 79.8 cm³/mol. The zero-order valence-electron chi connectivity index (χ0n) is 11.5. The minimum absolute atomic E-state index is 0.0598. The Bertz CT molecular complexity index is 584. The first-order chi connectivity index (χ1) is 9.38. The molecule has 0 unspecified atom stereocenters. The van der Waals surface area contributed by atoms with Crippen molar-refractivity contribution in [2.45, 2.75) is 26.8 Å². The highest BCUT2D eigenvalue weighted by molar-refractivity contribution is 7.80. The van der Waals surface area contributed by atoms with Crippen molar-refractivity contribution >= 4 is 34.8 Å². The molecule has 0 fully saturated rings. The zero-order valence-corrected chi connectivity index (χ0v) is 12.3. The fourth-order valence-corrected chi connectivity index (χ4v) is 2.25. The lowest BCUT2D eigenvalue weighted by Crippen LogP contribution is -2.43. The summed E-state index contributed by atoms with van der Waals surface area (Å²) < 4.78 is 5.36. The predicted octanol–water partition coefficient (Wildman–Crippen LogP) is 1.85. The molecular weight excluding hydrogens is 276 g/mol. The highest BCUT2D eigenvalue weighted by Gasteiger charge is 2.30. The second-order valence-electron chi connectivity index (χ2n) is 5.01. The van der Waals surface area contributed by atoms with Gasteiger partial charge in [0.2, 0.25) is 5.91 Å². The molecule has 0 aliphatic carbocycles. The lowest BCUT2D eigenvalue weighted by atomic mass is 10.0. The van der Waals surface area contributed by atoms with Gasteiger partial charge in [-0.2, -0.15) is 0 Å². The molecule has 1 aromatic rings. The van der Waals surface area contributed by atoms with Crippen LogP contribution < -0.4 is 15.4 Å². The highest BCUT2D eigenvalue weighted by Crippen LogP contribution is 2.26. The normalized spacial score (nSPS) is 17.9. The maximum atomic E-state index is 12.0. The fraction of sp³-hybridized carbons (Fsp3) is 0.357. The van der Waals surface area contributed by atoms with Gasteiger partial charge in [-0.3, -0.25) is 4.79 Å². The molecule has 20 heavy (non-hydrogen) atoms. The van der Waals surface area contributed by atoms with E-state index in [0.717, 1.165) is 0 Å². The molecule has 1 amide bonds. The standard InChI is InChI=1S/C14H16N2O3S/c1-7(2)12-14(18)19-11-5-4-9(15-8(3)17)6-10(11)13(20)16-12/h4-7,12H,1-3H3,(H,15,17)(H,16,20)/t12-/m0/s1. The number of thiocarbonyl (C=S) groups is 1. The first-order valence-corrected chi connectivity index (χ1v) is 6.73. The SMILES string of the molecule is CC(=O)Nc1ccc2c(c1)C(=S)N[C@@H](C(C)C)C(=O)O2. The number of hydrogen-bond acceptors (Lipinski definition) is 4. The smallest absolute Gasteiger partial charge is 0.334 e. The maximum Gasteiger partial charge on any atom is 0.334 e. The summed E-state index contributed by atoms with van der Waals surface area (Å²) in [5, 5.41) is 5.68. The first kappa shape index (κ1) is 14.5. The molecule has 0 spiro atoms. The van der Waals surface area contributed by atoms with Crippen molar-refractivity contribution in [3.05, 3.63) is 23.8 Å². The highest BCUT2D eigenvalue weighted by atomic mass is 32.1. The number of anilines is 1. The van der Waals surface area contributed by atoms with E-state index in [9.17, 15) is 9.59 Å². The van der Waals surface area contributed by atoms with Gasteiger partial charge < -0.3 is 15.4 Å². The van der Waals surface area contributed by atoms with E-state index < -0.39 is 6.04 Å². The van der Waals surface area contributed by atoms with Gasteiger partial charge in [0.05, 0.1) is 5.56 Å². The van der Waals surface area contributed by atoms with Crippen molar-refractivity contribution < 1.29 is 14.3 Å². The number of ether oxygens (including phenoxy) is 1. The van der Waals surface area contributed by atoms with Gasteiger partial charge >= 0.3 is 5.97 Å². The Morgan fingerprint density at radius 3 is 2.75 bits per heavy atom. The number of nitrogens with one attached hydrogen (secondary N) is 2. The lowest BCUT2D eigenvalue weighted by Gasteiger charge is -2.17. The molecule has 0 saturated heterocycles. The van der Waals surface area contributed by atoms with Crippen LogP contribution in [0.5, 0.6) is 5.75 Å². The van der Waals surface area contributed by atoms with E-state index >= 15 is 0 Å². The Kier molecular flexibility index (Phi) is 4.04. The van der Waals surface area contributed by atoms with Crippen LogP contribution in [-0.4, -0.2) is 22.9 Å². The van der Waals surface area contributed by atoms with Crippen molar-refractivity contribution in [2.24, 2.45) is 5.92 Å². The van der Waals surface area contributed by atoms with Crippen molar-refractivity contribution in [1.82, 2.24) is 5.32 Å². The number of benzene rings is 1. The van der Waals surface area contributed by atoms with Crippen molar-refractivity contribution in [1.29, 1.82) is 0 Å². The van der Waals surface area contributed by atoms with Crippen LogP contribution in [-0.2, 0) is 9.59 Å². The molecule has 0 bridgehead atoms. The van der Waals surface area contributed by atoms with Crippen LogP contribution in [0.3, 0.4) is 0 Å². The largest absolute Gasteiger partial charge is 0.424 e. The second kappa shape index (κ2) is 5.58. The third kappa shape index (κ3) is 2.96. The summed E-state index contributed by atoms with van der Waals surface area (Å²) in [6, 6.07) is 4.53. The van der Waals surface area contributed by atoms with E-state index in [1.165, 1.54) is 6.92 Å². The molecule has 0 aromatic heterocycles. The molecule has 0 radical (unpaired) electrons. The van der Waals surface area contributed by atoms with Gasteiger partial charge in [0.25, 0.3) is 0 Å². The average Bonchev–Trinajstić information content (AvgIpc) is 2.47. The average molecular weight is 292 g/mol. The van der Waals surface area contributed by atoms with E-state index in [-0.39, 0.29) is 17.8 Å². The summed E-state index contributed by atoms with van der Waals surface area (Å²) in [6.45, 7) is 5.26. The third-order valence-corrected chi connectivity index (χ3v) is 3.30. The van der Waals surface area contributed by atoms with Gasteiger partial charge in [-0.15, -0.1) is 0 Å². The monoisotopic (exact) mass is 292 g/mol.